The maximum atomic E-state index is 12.7. The van der Waals surface area contributed by atoms with Gasteiger partial charge in [-0.3, -0.25) is 9.79 Å². The number of guanidine groups is 1. The van der Waals surface area contributed by atoms with Crippen LogP contribution in [0.4, 0.5) is 0 Å². The number of carbonyl (C=O) groups excluding carboxylic acids is 1. The molecule has 1 atom stereocenters. The van der Waals surface area contributed by atoms with Gasteiger partial charge in [0.2, 0.25) is 5.91 Å². The zero-order valence-electron chi connectivity index (χ0n) is 16.7. The van der Waals surface area contributed by atoms with Crippen LogP contribution in [0, 0.1) is 5.41 Å². The lowest BCUT2D eigenvalue weighted by molar-refractivity contribution is -0.138. The Balaban J connectivity index is 1.85. The van der Waals surface area contributed by atoms with E-state index in [0.717, 1.165) is 44.5 Å². The molecule has 1 aliphatic rings. The van der Waals surface area contributed by atoms with Crippen molar-refractivity contribution in [1.82, 2.24) is 15.5 Å². The third kappa shape index (κ3) is 5.48. The summed E-state index contributed by atoms with van der Waals surface area (Å²) < 4.78 is 0. The van der Waals surface area contributed by atoms with E-state index in [1.165, 1.54) is 5.56 Å². The molecule has 1 unspecified atom stereocenters. The number of aliphatic imine (C=N–C) groups is 1. The molecular weight excluding hydrogens is 324 g/mol. The molecule has 26 heavy (non-hydrogen) atoms. The predicted molar refractivity (Wildman–Crippen MR) is 108 cm³/mol. The first kappa shape index (κ1) is 20.3. The molecule has 144 valence electrons. The first-order valence-corrected chi connectivity index (χ1v) is 9.70. The summed E-state index contributed by atoms with van der Waals surface area (Å²) in [5.74, 6) is 1.01. The number of benzene rings is 1. The summed E-state index contributed by atoms with van der Waals surface area (Å²) in [6.07, 6.45) is 6.23. The Morgan fingerprint density at radius 3 is 2.46 bits per heavy atom. The van der Waals surface area contributed by atoms with Crippen LogP contribution in [0.3, 0.4) is 0 Å². The number of amides is 1. The Labute approximate surface area is 158 Å². The molecule has 5 heteroatoms. The summed E-state index contributed by atoms with van der Waals surface area (Å²) in [5.41, 5.74) is 1.07. The summed E-state index contributed by atoms with van der Waals surface area (Å²) in [6, 6.07) is 10.8. The average molecular weight is 359 g/mol. The van der Waals surface area contributed by atoms with Crippen molar-refractivity contribution < 1.29 is 4.79 Å². The Bertz CT molecular complexity index is 591. The number of hydrogen-bond acceptors (Lipinski definition) is 2. The lowest BCUT2D eigenvalue weighted by Crippen LogP contribution is -2.50. The van der Waals surface area contributed by atoms with Crippen molar-refractivity contribution in [1.29, 1.82) is 0 Å². The van der Waals surface area contributed by atoms with Gasteiger partial charge in [-0.2, -0.15) is 0 Å². The Kier molecular flexibility index (Phi) is 7.49. The molecule has 0 saturated heterocycles. The van der Waals surface area contributed by atoms with E-state index in [-0.39, 0.29) is 11.3 Å². The molecule has 1 fully saturated rings. The fraction of sp³-hybridized carbons (Fsp3) is 0.619. The van der Waals surface area contributed by atoms with Crippen LogP contribution in [-0.4, -0.2) is 50.5 Å². The van der Waals surface area contributed by atoms with Crippen molar-refractivity contribution in [3.05, 3.63) is 35.9 Å². The molecule has 0 aliphatic heterocycles. The van der Waals surface area contributed by atoms with Gasteiger partial charge < -0.3 is 15.5 Å². The van der Waals surface area contributed by atoms with Gasteiger partial charge >= 0.3 is 0 Å². The highest BCUT2D eigenvalue weighted by atomic mass is 16.2. The topological polar surface area (TPSA) is 56.7 Å². The number of nitrogens with zero attached hydrogens (tertiary/aromatic N) is 2. The van der Waals surface area contributed by atoms with E-state index in [4.69, 9.17) is 0 Å². The summed E-state index contributed by atoms with van der Waals surface area (Å²) in [5, 5.41) is 6.87. The van der Waals surface area contributed by atoms with Crippen LogP contribution in [0.1, 0.15) is 44.6 Å². The number of aryl methyl sites for hydroxylation is 1. The van der Waals surface area contributed by atoms with Crippen molar-refractivity contribution >= 4 is 11.9 Å². The first-order chi connectivity index (χ1) is 12.5. The zero-order chi connectivity index (χ0) is 19.0. The van der Waals surface area contributed by atoms with Crippen LogP contribution in [0.15, 0.2) is 35.3 Å². The molecule has 0 radical (unpaired) electrons. The lowest BCUT2D eigenvalue weighted by Gasteiger charge is -2.31. The molecule has 2 rings (SSSR count). The second kappa shape index (κ2) is 9.60. The van der Waals surface area contributed by atoms with Gasteiger partial charge in [0, 0.05) is 33.7 Å². The van der Waals surface area contributed by atoms with E-state index in [9.17, 15) is 4.79 Å². The van der Waals surface area contributed by atoms with Crippen molar-refractivity contribution in [2.24, 2.45) is 10.4 Å². The fourth-order valence-electron chi connectivity index (χ4n) is 3.77. The largest absolute Gasteiger partial charge is 0.355 e. The fourth-order valence-corrected chi connectivity index (χ4v) is 3.77. The van der Waals surface area contributed by atoms with E-state index in [1.807, 2.05) is 20.2 Å². The van der Waals surface area contributed by atoms with Gasteiger partial charge in [-0.15, -0.1) is 0 Å². The monoisotopic (exact) mass is 358 g/mol. The molecule has 1 amide bonds. The molecule has 1 aliphatic carbocycles. The Morgan fingerprint density at radius 1 is 1.23 bits per heavy atom. The van der Waals surface area contributed by atoms with E-state index >= 15 is 0 Å². The van der Waals surface area contributed by atoms with Gasteiger partial charge in [0.25, 0.3) is 0 Å². The van der Waals surface area contributed by atoms with Crippen LogP contribution < -0.4 is 10.6 Å². The van der Waals surface area contributed by atoms with Gasteiger partial charge in [-0.25, -0.2) is 0 Å². The molecule has 0 spiro atoms. The zero-order valence-corrected chi connectivity index (χ0v) is 16.7. The molecular formula is C21H34N4O. The minimum atomic E-state index is -0.283. The Hall–Kier alpha value is -2.04. The second-order valence-electron chi connectivity index (χ2n) is 7.68. The lowest BCUT2D eigenvalue weighted by atomic mass is 9.84. The molecule has 2 N–H and O–H groups in total. The van der Waals surface area contributed by atoms with Crippen molar-refractivity contribution in [3.8, 4) is 0 Å². The quantitative estimate of drug-likeness (QED) is 0.582. The minimum Gasteiger partial charge on any atom is -0.355 e. The van der Waals surface area contributed by atoms with E-state index in [1.54, 1.807) is 11.9 Å². The highest BCUT2D eigenvalue weighted by molar-refractivity contribution is 5.85. The first-order valence-electron chi connectivity index (χ1n) is 9.70. The SMILES string of the molecule is CN=C(NCC1(C(=O)N(C)C)CCCC1)NC(C)CCc1ccccc1. The molecule has 5 nitrogen and oxygen atoms in total. The van der Waals surface area contributed by atoms with Crippen LogP contribution in [0.5, 0.6) is 0 Å². The predicted octanol–water partition coefficient (Wildman–Crippen LogP) is 2.82. The number of carbonyl (C=O) groups is 1. The molecule has 0 bridgehead atoms. The molecule has 0 aromatic heterocycles. The third-order valence-corrected chi connectivity index (χ3v) is 5.33. The average Bonchev–Trinajstić information content (AvgIpc) is 3.13. The summed E-state index contributed by atoms with van der Waals surface area (Å²) in [7, 11) is 5.48. The van der Waals surface area contributed by atoms with E-state index < -0.39 is 0 Å². The van der Waals surface area contributed by atoms with Crippen molar-refractivity contribution in [2.45, 2.75) is 51.5 Å². The van der Waals surface area contributed by atoms with Gasteiger partial charge in [0.1, 0.15) is 0 Å². The van der Waals surface area contributed by atoms with E-state index in [0.29, 0.717) is 12.6 Å². The van der Waals surface area contributed by atoms with Crippen LogP contribution in [0.2, 0.25) is 0 Å². The van der Waals surface area contributed by atoms with Gasteiger partial charge in [-0.1, -0.05) is 43.2 Å². The standard InChI is InChI=1S/C21H34N4O/c1-17(12-13-18-10-6-5-7-11-18)24-20(22-2)23-16-21(14-8-9-15-21)19(26)25(3)4/h5-7,10-11,17H,8-9,12-16H2,1-4H3,(H2,22,23,24). The normalized spacial score (nSPS) is 17.6. The molecule has 1 aromatic carbocycles. The van der Waals surface area contributed by atoms with Gasteiger partial charge in [-0.05, 0) is 38.2 Å². The minimum absolute atomic E-state index is 0.232. The Morgan fingerprint density at radius 2 is 1.88 bits per heavy atom. The van der Waals surface area contributed by atoms with Crippen molar-refractivity contribution in [2.75, 3.05) is 27.7 Å². The van der Waals surface area contributed by atoms with Crippen LogP contribution in [0.25, 0.3) is 0 Å². The summed E-state index contributed by atoms with van der Waals surface area (Å²) >= 11 is 0. The van der Waals surface area contributed by atoms with Crippen LogP contribution >= 0.6 is 0 Å². The van der Waals surface area contributed by atoms with Gasteiger partial charge in [0.05, 0.1) is 5.41 Å². The van der Waals surface area contributed by atoms with E-state index in [2.05, 4.69) is 46.8 Å². The number of rotatable bonds is 7. The summed E-state index contributed by atoms with van der Waals surface area (Å²) in [6.45, 7) is 2.82. The van der Waals surface area contributed by atoms with Crippen molar-refractivity contribution in [3.63, 3.8) is 0 Å². The molecule has 1 saturated carbocycles. The number of hydrogen-bond donors (Lipinski definition) is 2. The smallest absolute Gasteiger partial charge is 0.230 e. The third-order valence-electron chi connectivity index (χ3n) is 5.33. The number of nitrogens with one attached hydrogen (secondary N) is 2. The second-order valence-corrected chi connectivity index (χ2v) is 7.68. The summed E-state index contributed by atoms with van der Waals surface area (Å²) in [4.78, 5) is 18.8. The van der Waals surface area contributed by atoms with Crippen LogP contribution in [-0.2, 0) is 11.2 Å². The maximum Gasteiger partial charge on any atom is 0.230 e. The highest BCUT2D eigenvalue weighted by Crippen LogP contribution is 2.38. The molecule has 1 aromatic rings. The highest BCUT2D eigenvalue weighted by Gasteiger charge is 2.42. The maximum absolute atomic E-state index is 12.7. The van der Waals surface area contributed by atoms with Gasteiger partial charge in [0.15, 0.2) is 5.96 Å². The molecule has 0 heterocycles.